The average Bonchev–Trinajstić information content (AvgIpc) is 3.02. The fraction of sp³-hybridized carbons (Fsp3) is 0.500. The Morgan fingerprint density at radius 1 is 1.08 bits per heavy atom. The van der Waals surface area contributed by atoms with Crippen LogP contribution >= 0.6 is 0 Å². The van der Waals surface area contributed by atoms with Crippen molar-refractivity contribution in [3.63, 3.8) is 0 Å². The van der Waals surface area contributed by atoms with E-state index in [0.29, 0.717) is 34.6 Å². The number of carbonyl (C=O) groups is 1. The summed E-state index contributed by atoms with van der Waals surface area (Å²) in [5.41, 5.74) is 3.15. The van der Waals surface area contributed by atoms with Crippen LogP contribution < -0.4 is 10.9 Å². The first-order valence-electron chi connectivity index (χ1n) is 12.0. The van der Waals surface area contributed by atoms with Gasteiger partial charge in [0.25, 0.3) is 0 Å². The molecule has 0 fully saturated rings. The Hall–Kier alpha value is -1.92. The van der Waals surface area contributed by atoms with Crippen molar-refractivity contribution in [2.24, 2.45) is 17.8 Å². The largest absolute Gasteiger partial charge is 0.512 e. The zero-order valence-electron chi connectivity index (χ0n) is 22.5. The molecule has 0 saturated carbocycles. The van der Waals surface area contributed by atoms with Crippen LogP contribution in [0.15, 0.2) is 36.2 Å². The fourth-order valence-electron chi connectivity index (χ4n) is 6.27. The van der Waals surface area contributed by atoms with Gasteiger partial charge < -0.3 is 10.1 Å². The van der Waals surface area contributed by atoms with Gasteiger partial charge in [0.15, 0.2) is 12.5 Å². The van der Waals surface area contributed by atoms with Gasteiger partial charge in [-0.1, -0.05) is 54.5 Å². The minimum atomic E-state index is -4.42. The molecule has 8 heteroatoms. The number of halogens is 3. The van der Waals surface area contributed by atoms with E-state index >= 15 is 0 Å². The molecule has 0 aliphatic carbocycles. The van der Waals surface area contributed by atoms with Crippen molar-refractivity contribution in [2.75, 3.05) is 0 Å². The van der Waals surface area contributed by atoms with Gasteiger partial charge in [-0.2, -0.15) is 13.2 Å². The van der Waals surface area contributed by atoms with E-state index in [-0.39, 0.29) is 43.7 Å². The van der Waals surface area contributed by atoms with E-state index < -0.39 is 11.7 Å². The first-order valence-corrected chi connectivity index (χ1v) is 12.0. The number of nitrogens with zero attached hydrogens (tertiary/aromatic N) is 1. The number of allylic oxidation sites excluding steroid dienone is 2. The maximum atomic E-state index is 13.5. The van der Waals surface area contributed by atoms with E-state index in [2.05, 4.69) is 52.6 Å². The Kier molecular flexibility index (Phi) is 10.8. The van der Waals surface area contributed by atoms with Crippen LogP contribution in [-0.2, 0) is 31.1 Å². The molecule has 2 heterocycles. The van der Waals surface area contributed by atoms with Crippen LogP contribution in [0.5, 0.6) is 0 Å². The molecule has 1 N–H and O–H groups in total. The molecule has 199 valence electrons. The molecular weight excluding hydrogens is 642 g/mol. The van der Waals surface area contributed by atoms with Crippen molar-refractivity contribution in [1.82, 2.24) is 4.98 Å². The zero-order valence-corrected chi connectivity index (χ0v) is 24.9. The predicted molar refractivity (Wildman–Crippen MR) is 138 cm³/mol. The van der Waals surface area contributed by atoms with Crippen molar-refractivity contribution < 1.29 is 43.2 Å². The SMILES string of the molecule is CC(=O)/C=C(/C)O.Cc1cc(C(F)(F)F)[c-]c2c1B(C(C(C)C)(C(C)C)C(C)C)c1cccnc1-2.[Ir]. The molecule has 0 bridgehead atoms. The van der Waals surface area contributed by atoms with Crippen molar-refractivity contribution in [3.05, 3.63) is 53.4 Å². The Labute approximate surface area is 227 Å². The minimum absolute atomic E-state index is 0. The van der Waals surface area contributed by atoms with Crippen LogP contribution in [0.1, 0.15) is 66.5 Å². The molecule has 1 aromatic carbocycles. The number of rotatable bonds is 5. The minimum Gasteiger partial charge on any atom is -0.512 e. The van der Waals surface area contributed by atoms with Gasteiger partial charge in [-0.3, -0.25) is 4.79 Å². The third kappa shape index (κ3) is 6.14. The smallest absolute Gasteiger partial charge is 0.399 e. The predicted octanol–water partition coefficient (Wildman–Crippen LogP) is 6.54. The molecule has 2 aromatic rings. The zero-order chi connectivity index (χ0) is 26.9. The maximum Gasteiger partial charge on any atom is 0.399 e. The topological polar surface area (TPSA) is 50.2 Å². The first kappa shape index (κ1) is 32.1. The van der Waals surface area contributed by atoms with Crippen molar-refractivity contribution in [1.29, 1.82) is 0 Å². The summed E-state index contributed by atoms with van der Waals surface area (Å²) < 4.78 is 40.4. The molecule has 0 amide bonds. The number of hydrogen-bond donors (Lipinski definition) is 1. The summed E-state index contributed by atoms with van der Waals surface area (Å²) in [5.74, 6) is 0.974. The van der Waals surface area contributed by atoms with Gasteiger partial charge in [-0.05, 0) is 54.2 Å². The fourth-order valence-corrected chi connectivity index (χ4v) is 6.27. The van der Waals surface area contributed by atoms with E-state index in [1.807, 2.05) is 12.1 Å². The maximum absolute atomic E-state index is 13.5. The third-order valence-electron chi connectivity index (χ3n) is 7.21. The van der Waals surface area contributed by atoms with Crippen LogP contribution in [0.3, 0.4) is 0 Å². The summed E-state index contributed by atoms with van der Waals surface area (Å²) in [7, 11) is 0. The number of aryl methyl sites for hydroxylation is 1. The second-order valence-electron chi connectivity index (χ2n) is 10.4. The van der Waals surface area contributed by atoms with Crippen LogP contribution in [0.25, 0.3) is 11.3 Å². The first-order chi connectivity index (χ1) is 16.1. The normalized spacial score (nSPS) is 13.3. The number of ketones is 1. The number of fused-ring (bicyclic) bond motifs is 3. The standard InChI is InChI=1S/C23H28BF3N.C5H8O2.Ir/c1-13(2)22(14(3)4,15(5)6)24-19-9-8-10-28-21(19)18-12-17(23(25,26)27)11-16(7)20(18)24;1-4(6)3-5(2)7;/h8-11,13-15H,1-7H3;3,6H,1-2H3;/q-1;;/b;4-3-;. The van der Waals surface area contributed by atoms with Crippen LogP contribution in [0.4, 0.5) is 13.2 Å². The van der Waals surface area contributed by atoms with Gasteiger partial charge in [-0.25, -0.2) is 0 Å². The van der Waals surface area contributed by atoms with E-state index in [9.17, 15) is 18.0 Å². The van der Waals surface area contributed by atoms with Gasteiger partial charge in [0, 0.05) is 32.4 Å². The van der Waals surface area contributed by atoms with E-state index in [1.54, 1.807) is 13.1 Å². The Morgan fingerprint density at radius 3 is 2.00 bits per heavy atom. The second kappa shape index (κ2) is 12.1. The number of hydrogen-bond acceptors (Lipinski definition) is 3. The van der Waals surface area contributed by atoms with Gasteiger partial charge >= 0.3 is 6.18 Å². The molecule has 3 nitrogen and oxygen atoms in total. The number of aliphatic hydroxyl groups excluding tert-OH is 1. The summed E-state index contributed by atoms with van der Waals surface area (Å²) in [4.78, 5) is 14.5. The van der Waals surface area contributed by atoms with E-state index in [0.717, 1.165) is 10.9 Å². The number of pyridine rings is 1. The summed E-state index contributed by atoms with van der Waals surface area (Å²) in [6, 6.07) is 7.88. The molecule has 1 radical (unpaired) electrons. The second-order valence-corrected chi connectivity index (χ2v) is 10.4. The van der Waals surface area contributed by atoms with Crippen molar-refractivity contribution >= 4 is 23.4 Å². The molecule has 36 heavy (non-hydrogen) atoms. The molecule has 0 saturated heterocycles. The van der Waals surface area contributed by atoms with Gasteiger partial charge in [0.2, 0.25) is 0 Å². The van der Waals surface area contributed by atoms with Crippen molar-refractivity contribution in [2.45, 2.75) is 73.8 Å². The molecule has 1 aliphatic heterocycles. The Morgan fingerprint density at radius 2 is 1.61 bits per heavy atom. The third-order valence-corrected chi connectivity index (χ3v) is 7.21. The average molecular weight is 679 g/mol. The molecule has 1 aliphatic rings. The molecule has 3 rings (SSSR count). The van der Waals surface area contributed by atoms with Crippen molar-refractivity contribution in [3.8, 4) is 11.3 Å². The van der Waals surface area contributed by atoms with Crippen LogP contribution in [0.2, 0.25) is 5.31 Å². The molecule has 0 unspecified atom stereocenters. The van der Waals surface area contributed by atoms with Gasteiger partial charge in [-0.15, -0.1) is 34.2 Å². The number of aromatic nitrogens is 1. The van der Waals surface area contributed by atoms with E-state index in [4.69, 9.17) is 5.11 Å². The van der Waals surface area contributed by atoms with Crippen LogP contribution in [-0.4, -0.2) is 22.6 Å². The number of carbonyl (C=O) groups excluding carboxylic acids is 1. The number of alkyl halides is 3. The molecule has 1 aromatic heterocycles. The van der Waals surface area contributed by atoms with Gasteiger partial charge in [0.05, 0.1) is 5.76 Å². The number of benzene rings is 1. The molecule has 0 spiro atoms. The number of aliphatic hydroxyl groups is 1. The monoisotopic (exact) mass is 679 g/mol. The summed E-state index contributed by atoms with van der Waals surface area (Å²) in [5, 5.41) is 8.25. The van der Waals surface area contributed by atoms with Gasteiger partial charge in [0.1, 0.15) is 0 Å². The summed E-state index contributed by atoms with van der Waals surface area (Å²) in [6.07, 6.45) is -1.59. The Bertz CT molecular complexity index is 1080. The molecular formula is C28H36BF3IrNO2-. The quantitative estimate of drug-likeness (QED) is 0.169. The van der Waals surface area contributed by atoms with Crippen LogP contribution in [0, 0.1) is 30.7 Å². The van der Waals surface area contributed by atoms with E-state index in [1.165, 1.54) is 26.0 Å². The molecule has 0 atom stereocenters. The summed E-state index contributed by atoms with van der Waals surface area (Å²) >= 11 is 0. The Balaban J connectivity index is 0.000000712. The summed E-state index contributed by atoms with van der Waals surface area (Å²) in [6.45, 7) is 18.1.